The molecule has 1 unspecified atom stereocenters. The van der Waals surface area contributed by atoms with Crippen LogP contribution in [0.3, 0.4) is 0 Å². The molecule has 0 fully saturated rings. The lowest BCUT2D eigenvalue weighted by Gasteiger charge is -2.14. The maximum Gasteiger partial charge on any atom is 0.161 e. The smallest absolute Gasteiger partial charge is 0.161 e. The first-order chi connectivity index (χ1) is 9.65. The average Bonchev–Trinajstić information content (AvgIpc) is 2.49. The molecule has 0 aromatic heterocycles. The number of phenols is 1. The van der Waals surface area contributed by atoms with Crippen molar-refractivity contribution in [3.8, 4) is 17.2 Å². The van der Waals surface area contributed by atoms with Crippen LogP contribution in [0.1, 0.15) is 17.2 Å². The van der Waals surface area contributed by atoms with Gasteiger partial charge in [-0.25, -0.2) is 0 Å². The fraction of sp³-hybridized carbons (Fsp3) is 0.250. The maximum atomic E-state index is 10.2. The lowest BCUT2D eigenvalue weighted by Crippen LogP contribution is -2.02. The number of methoxy groups -OCH3 is 2. The van der Waals surface area contributed by atoms with Gasteiger partial charge in [0.15, 0.2) is 11.5 Å². The van der Waals surface area contributed by atoms with E-state index in [1.165, 1.54) is 7.11 Å². The summed E-state index contributed by atoms with van der Waals surface area (Å²) < 4.78 is 10.1. The highest BCUT2D eigenvalue weighted by atomic mass is 16.5. The number of aromatic hydroxyl groups is 1. The normalized spacial score (nSPS) is 11.9. The van der Waals surface area contributed by atoms with Gasteiger partial charge < -0.3 is 19.7 Å². The minimum atomic E-state index is -0.695. The van der Waals surface area contributed by atoms with Crippen LogP contribution in [0.25, 0.3) is 0 Å². The third kappa shape index (κ3) is 3.03. The molecule has 4 nitrogen and oxygen atoms in total. The Kier molecular flexibility index (Phi) is 4.48. The summed E-state index contributed by atoms with van der Waals surface area (Å²) in [5, 5.41) is 20.2. The van der Waals surface area contributed by atoms with E-state index in [1.54, 1.807) is 49.6 Å². The van der Waals surface area contributed by atoms with E-state index in [4.69, 9.17) is 9.47 Å². The van der Waals surface area contributed by atoms with Gasteiger partial charge in [0.1, 0.15) is 5.75 Å². The minimum absolute atomic E-state index is 0.0718. The highest BCUT2D eigenvalue weighted by Crippen LogP contribution is 2.32. The number of aliphatic hydroxyl groups excluding tert-OH is 1. The highest BCUT2D eigenvalue weighted by Gasteiger charge is 2.13. The Morgan fingerprint density at radius 3 is 2.30 bits per heavy atom. The molecule has 2 rings (SSSR count). The molecule has 1 atom stereocenters. The molecule has 4 heteroatoms. The van der Waals surface area contributed by atoms with Crippen LogP contribution >= 0.6 is 0 Å². The predicted molar refractivity (Wildman–Crippen MR) is 76.3 cm³/mol. The van der Waals surface area contributed by atoms with Gasteiger partial charge in [0.2, 0.25) is 0 Å². The molecule has 0 saturated carbocycles. The van der Waals surface area contributed by atoms with Crippen LogP contribution in [0, 0.1) is 0 Å². The van der Waals surface area contributed by atoms with Crippen LogP contribution in [-0.4, -0.2) is 24.4 Å². The SMILES string of the molecule is COc1ccc(C(O)Cc2cccc(OC)c2O)cc1. The van der Waals surface area contributed by atoms with E-state index in [9.17, 15) is 10.2 Å². The molecule has 20 heavy (non-hydrogen) atoms. The Morgan fingerprint density at radius 2 is 1.70 bits per heavy atom. The van der Waals surface area contributed by atoms with Crippen molar-refractivity contribution in [2.75, 3.05) is 14.2 Å². The molecule has 106 valence electrons. The van der Waals surface area contributed by atoms with Gasteiger partial charge in [-0.15, -0.1) is 0 Å². The molecule has 0 saturated heterocycles. The van der Waals surface area contributed by atoms with Gasteiger partial charge in [0.25, 0.3) is 0 Å². The fourth-order valence-corrected chi connectivity index (χ4v) is 2.05. The summed E-state index contributed by atoms with van der Waals surface area (Å²) in [6, 6.07) is 12.4. The first kappa shape index (κ1) is 14.2. The van der Waals surface area contributed by atoms with Crippen molar-refractivity contribution in [3.05, 3.63) is 53.6 Å². The monoisotopic (exact) mass is 274 g/mol. The molecule has 0 aliphatic heterocycles. The fourth-order valence-electron chi connectivity index (χ4n) is 2.05. The third-order valence-corrected chi connectivity index (χ3v) is 3.22. The number of phenolic OH excluding ortho intramolecular Hbond substituents is 1. The van der Waals surface area contributed by atoms with Crippen molar-refractivity contribution >= 4 is 0 Å². The topological polar surface area (TPSA) is 58.9 Å². The van der Waals surface area contributed by atoms with Crippen molar-refractivity contribution in [3.63, 3.8) is 0 Å². The van der Waals surface area contributed by atoms with E-state index in [-0.39, 0.29) is 5.75 Å². The predicted octanol–water partition coefficient (Wildman–Crippen LogP) is 2.69. The highest BCUT2D eigenvalue weighted by molar-refractivity contribution is 5.46. The van der Waals surface area contributed by atoms with Gasteiger partial charge in [-0.2, -0.15) is 0 Å². The Labute approximate surface area is 118 Å². The van der Waals surface area contributed by atoms with Gasteiger partial charge in [0.05, 0.1) is 20.3 Å². The van der Waals surface area contributed by atoms with E-state index in [0.29, 0.717) is 17.7 Å². The summed E-state index contributed by atoms with van der Waals surface area (Å²) in [4.78, 5) is 0. The number of para-hydroxylation sites is 1. The molecule has 2 aromatic carbocycles. The molecule has 0 bridgehead atoms. The number of aliphatic hydroxyl groups is 1. The molecule has 0 aliphatic carbocycles. The lowest BCUT2D eigenvalue weighted by atomic mass is 10.0. The van der Waals surface area contributed by atoms with Crippen LogP contribution in [0.4, 0.5) is 0 Å². The summed E-state index contributed by atoms with van der Waals surface area (Å²) in [7, 11) is 3.10. The molecule has 0 heterocycles. The summed E-state index contributed by atoms with van der Waals surface area (Å²) in [6.45, 7) is 0. The van der Waals surface area contributed by atoms with Crippen LogP contribution in [-0.2, 0) is 6.42 Å². The minimum Gasteiger partial charge on any atom is -0.504 e. The number of ether oxygens (including phenoxy) is 2. The second-order valence-corrected chi connectivity index (χ2v) is 4.46. The average molecular weight is 274 g/mol. The molecule has 2 aromatic rings. The number of hydrogen-bond acceptors (Lipinski definition) is 4. The van der Waals surface area contributed by atoms with Gasteiger partial charge in [-0.3, -0.25) is 0 Å². The zero-order valence-electron chi connectivity index (χ0n) is 11.5. The van der Waals surface area contributed by atoms with Crippen molar-refractivity contribution in [1.82, 2.24) is 0 Å². The molecule has 0 radical (unpaired) electrons. The second-order valence-electron chi connectivity index (χ2n) is 4.46. The molecular formula is C16H18O4. The number of benzene rings is 2. The number of rotatable bonds is 5. The molecule has 0 amide bonds. The summed E-state index contributed by atoms with van der Waals surface area (Å²) >= 11 is 0. The quantitative estimate of drug-likeness (QED) is 0.880. The largest absolute Gasteiger partial charge is 0.504 e. The Balaban J connectivity index is 2.16. The van der Waals surface area contributed by atoms with Crippen LogP contribution in [0.15, 0.2) is 42.5 Å². The zero-order chi connectivity index (χ0) is 14.5. The van der Waals surface area contributed by atoms with Gasteiger partial charge >= 0.3 is 0 Å². The molecular weight excluding hydrogens is 256 g/mol. The van der Waals surface area contributed by atoms with Crippen molar-refractivity contribution in [2.45, 2.75) is 12.5 Å². The lowest BCUT2D eigenvalue weighted by molar-refractivity contribution is 0.177. The molecule has 0 aliphatic rings. The van der Waals surface area contributed by atoms with Crippen molar-refractivity contribution < 1.29 is 19.7 Å². The van der Waals surface area contributed by atoms with Crippen molar-refractivity contribution in [1.29, 1.82) is 0 Å². The Bertz CT molecular complexity index is 563. The Hall–Kier alpha value is -2.20. The van der Waals surface area contributed by atoms with E-state index < -0.39 is 6.10 Å². The second kappa shape index (κ2) is 6.30. The van der Waals surface area contributed by atoms with Gasteiger partial charge in [-0.05, 0) is 23.8 Å². The first-order valence-corrected chi connectivity index (χ1v) is 6.32. The molecule has 2 N–H and O–H groups in total. The third-order valence-electron chi connectivity index (χ3n) is 3.22. The maximum absolute atomic E-state index is 10.2. The van der Waals surface area contributed by atoms with Crippen molar-refractivity contribution in [2.24, 2.45) is 0 Å². The van der Waals surface area contributed by atoms with Crippen LogP contribution in [0.5, 0.6) is 17.2 Å². The summed E-state index contributed by atoms with van der Waals surface area (Å²) in [5.41, 5.74) is 1.42. The standard InChI is InChI=1S/C16H18O4/c1-19-13-8-6-11(7-9-13)14(17)10-12-4-3-5-15(20-2)16(12)18/h3-9,14,17-18H,10H2,1-2H3. The first-order valence-electron chi connectivity index (χ1n) is 6.32. The van der Waals surface area contributed by atoms with E-state index in [1.807, 2.05) is 0 Å². The zero-order valence-corrected chi connectivity index (χ0v) is 11.5. The van der Waals surface area contributed by atoms with E-state index >= 15 is 0 Å². The van der Waals surface area contributed by atoms with Gasteiger partial charge in [0, 0.05) is 12.0 Å². The van der Waals surface area contributed by atoms with E-state index in [0.717, 1.165) is 11.3 Å². The van der Waals surface area contributed by atoms with Gasteiger partial charge in [-0.1, -0.05) is 24.3 Å². The Morgan fingerprint density at radius 1 is 1.00 bits per heavy atom. The van der Waals surface area contributed by atoms with E-state index in [2.05, 4.69) is 0 Å². The summed E-state index contributed by atoms with van der Waals surface area (Å²) in [5.74, 6) is 1.22. The van der Waals surface area contributed by atoms with Crippen LogP contribution in [0.2, 0.25) is 0 Å². The van der Waals surface area contributed by atoms with Crippen LogP contribution < -0.4 is 9.47 Å². The molecule has 0 spiro atoms. The summed E-state index contributed by atoms with van der Waals surface area (Å²) in [6.07, 6.45) is -0.381. The number of hydrogen-bond donors (Lipinski definition) is 2.